The maximum atomic E-state index is 12.3. The quantitative estimate of drug-likeness (QED) is 0.807. The van der Waals surface area contributed by atoms with Crippen molar-refractivity contribution in [2.24, 2.45) is 0 Å². The Hall–Kier alpha value is 0.190. The van der Waals surface area contributed by atoms with Crippen LogP contribution in [0.2, 0.25) is 0 Å². The third-order valence-electron chi connectivity index (χ3n) is 2.93. The van der Waals surface area contributed by atoms with Gasteiger partial charge in [0.25, 0.3) is 0 Å². The van der Waals surface area contributed by atoms with Crippen molar-refractivity contribution in [3.05, 3.63) is 0 Å². The number of hydrogen-bond donors (Lipinski definition) is 1. The zero-order valence-electron chi connectivity index (χ0n) is 9.23. The van der Waals surface area contributed by atoms with Crippen molar-refractivity contribution in [1.29, 1.82) is 0 Å². The fourth-order valence-corrected chi connectivity index (χ4v) is 2.63. The van der Waals surface area contributed by atoms with E-state index < -0.39 is 16.6 Å². The SMILES string of the molecule is CN(CC(Br)C(F)(F)F)CC1(O)CCCC1. The van der Waals surface area contributed by atoms with Gasteiger partial charge >= 0.3 is 6.18 Å². The van der Waals surface area contributed by atoms with Crippen molar-refractivity contribution >= 4 is 15.9 Å². The maximum absolute atomic E-state index is 12.3. The number of hydrogen-bond acceptors (Lipinski definition) is 2. The Morgan fingerprint density at radius 2 is 1.88 bits per heavy atom. The summed E-state index contributed by atoms with van der Waals surface area (Å²) in [6, 6.07) is 0. The fourth-order valence-electron chi connectivity index (χ4n) is 2.14. The molecule has 1 atom stereocenters. The molecule has 0 aromatic rings. The molecule has 16 heavy (non-hydrogen) atoms. The summed E-state index contributed by atoms with van der Waals surface area (Å²) in [5.41, 5.74) is -0.785. The third-order valence-corrected chi connectivity index (χ3v) is 3.73. The van der Waals surface area contributed by atoms with Crippen molar-refractivity contribution in [3.8, 4) is 0 Å². The van der Waals surface area contributed by atoms with Gasteiger partial charge in [-0.05, 0) is 19.9 Å². The molecule has 1 aliphatic carbocycles. The van der Waals surface area contributed by atoms with Crippen LogP contribution < -0.4 is 0 Å². The zero-order chi connectivity index (χ0) is 12.4. The average molecular weight is 304 g/mol. The highest BCUT2D eigenvalue weighted by atomic mass is 79.9. The molecule has 96 valence electrons. The van der Waals surface area contributed by atoms with Crippen LogP contribution in [0, 0.1) is 0 Å². The molecule has 6 heteroatoms. The predicted molar refractivity (Wildman–Crippen MR) is 59.7 cm³/mol. The number of rotatable bonds is 4. The number of likely N-dealkylation sites (N-methyl/N-ethyl adjacent to an activating group) is 1. The van der Waals surface area contributed by atoms with E-state index in [0.29, 0.717) is 19.4 Å². The molecular formula is C10H17BrF3NO. The zero-order valence-corrected chi connectivity index (χ0v) is 10.8. The van der Waals surface area contributed by atoms with Crippen LogP contribution in [0.15, 0.2) is 0 Å². The predicted octanol–water partition coefficient (Wildman–Crippen LogP) is 2.55. The first-order valence-electron chi connectivity index (χ1n) is 5.35. The summed E-state index contributed by atoms with van der Waals surface area (Å²) < 4.78 is 36.8. The van der Waals surface area contributed by atoms with Gasteiger partial charge in [0.2, 0.25) is 0 Å². The molecule has 0 amide bonds. The standard InChI is InChI=1S/C10H17BrF3NO/c1-15(6-8(11)10(12,13)14)7-9(16)4-2-3-5-9/h8,16H,2-7H2,1H3. The molecular weight excluding hydrogens is 287 g/mol. The molecule has 1 saturated carbocycles. The Balaban J connectivity index is 2.38. The second kappa shape index (κ2) is 5.23. The second-order valence-electron chi connectivity index (χ2n) is 4.64. The molecule has 0 radical (unpaired) electrons. The Bertz CT molecular complexity index is 229. The van der Waals surface area contributed by atoms with E-state index in [1.807, 2.05) is 0 Å². The summed E-state index contributed by atoms with van der Waals surface area (Å²) in [4.78, 5) is 0.00750. The lowest BCUT2D eigenvalue weighted by Gasteiger charge is -2.30. The highest BCUT2D eigenvalue weighted by Crippen LogP contribution is 2.31. The van der Waals surface area contributed by atoms with Gasteiger partial charge in [0.05, 0.1) is 5.60 Å². The van der Waals surface area contributed by atoms with E-state index in [1.165, 1.54) is 4.90 Å². The number of nitrogens with zero attached hydrogens (tertiary/aromatic N) is 1. The molecule has 1 rings (SSSR count). The van der Waals surface area contributed by atoms with Crippen molar-refractivity contribution in [1.82, 2.24) is 4.90 Å². The largest absolute Gasteiger partial charge is 0.402 e. The first-order chi connectivity index (χ1) is 7.23. The van der Waals surface area contributed by atoms with E-state index in [9.17, 15) is 18.3 Å². The normalized spacial score (nSPS) is 22.7. The first kappa shape index (κ1) is 14.3. The minimum atomic E-state index is -4.23. The van der Waals surface area contributed by atoms with Crippen LogP contribution in [-0.2, 0) is 0 Å². The monoisotopic (exact) mass is 303 g/mol. The van der Waals surface area contributed by atoms with Crippen molar-refractivity contribution in [2.75, 3.05) is 20.1 Å². The van der Waals surface area contributed by atoms with E-state index in [0.717, 1.165) is 12.8 Å². The van der Waals surface area contributed by atoms with Gasteiger partial charge in [-0.2, -0.15) is 13.2 Å². The molecule has 0 aromatic carbocycles. The summed E-state index contributed by atoms with van der Waals surface area (Å²) in [5, 5.41) is 10.0. The Morgan fingerprint density at radius 1 is 1.38 bits per heavy atom. The fraction of sp³-hybridized carbons (Fsp3) is 1.00. The Kier molecular flexibility index (Phi) is 4.66. The number of halogens is 4. The van der Waals surface area contributed by atoms with Gasteiger partial charge < -0.3 is 10.0 Å². The van der Waals surface area contributed by atoms with Crippen LogP contribution in [-0.4, -0.2) is 46.7 Å². The minimum absolute atomic E-state index is 0.133. The Morgan fingerprint density at radius 3 is 2.31 bits per heavy atom. The second-order valence-corrected chi connectivity index (χ2v) is 5.74. The molecule has 1 aliphatic rings. The maximum Gasteiger partial charge on any atom is 0.402 e. The molecule has 1 N–H and O–H groups in total. The highest BCUT2D eigenvalue weighted by Gasteiger charge is 2.39. The van der Waals surface area contributed by atoms with Crippen LogP contribution >= 0.6 is 15.9 Å². The van der Waals surface area contributed by atoms with Crippen LogP contribution in [0.5, 0.6) is 0 Å². The Labute approximate surface area is 102 Å². The molecule has 2 nitrogen and oxygen atoms in total. The van der Waals surface area contributed by atoms with Gasteiger partial charge in [0.15, 0.2) is 0 Å². The lowest BCUT2D eigenvalue weighted by atomic mass is 10.0. The summed E-state index contributed by atoms with van der Waals surface area (Å²) in [7, 11) is 1.61. The molecule has 1 fully saturated rings. The summed E-state index contributed by atoms with van der Waals surface area (Å²) in [6.45, 7) is 0.178. The van der Waals surface area contributed by atoms with Gasteiger partial charge in [-0.25, -0.2) is 0 Å². The van der Waals surface area contributed by atoms with Crippen LogP contribution in [0.4, 0.5) is 13.2 Å². The van der Waals surface area contributed by atoms with Gasteiger partial charge in [-0.1, -0.05) is 28.8 Å². The van der Waals surface area contributed by atoms with E-state index in [4.69, 9.17) is 0 Å². The van der Waals surface area contributed by atoms with Crippen molar-refractivity contribution < 1.29 is 18.3 Å². The van der Waals surface area contributed by atoms with Crippen LogP contribution in [0.3, 0.4) is 0 Å². The lowest BCUT2D eigenvalue weighted by Crippen LogP contribution is -2.43. The minimum Gasteiger partial charge on any atom is -0.389 e. The summed E-state index contributed by atoms with van der Waals surface area (Å²) >= 11 is 2.62. The summed E-state index contributed by atoms with van der Waals surface area (Å²) in [6.07, 6.45) is -0.929. The van der Waals surface area contributed by atoms with Gasteiger partial charge in [0.1, 0.15) is 4.83 Å². The van der Waals surface area contributed by atoms with Gasteiger partial charge in [-0.15, -0.1) is 0 Å². The molecule has 1 unspecified atom stereocenters. The summed E-state index contributed by atoms with van der Waals surface area (Å²) in [5.74, 6) is 0. The van der Waals surface area contributed by atoms with E-state index >= 15 is 0 Å². The van der Waals surface area contributed by atoms with Crippen molar-refractivity contribution in [3.63, 3.8) is 0 Å². The molecule has 0 spiro atoms. The van der Waals surface area contributed by atoms with Crippen molar-refractivity contribution in [2.45, 2.75) is 42.3 Å². The number of alkyl halides is 4. The van der Waals surface area contributed by atoms with Gasteiger partial charge in [0, 0.05) is 13.1 Å². The molecule has 0 aromatic heterocycles. The van der Waals surface area contributed by atoms with Crippen LogP contribution in [0.25, 0.3) is 0 Å². The smallest absolute Gasteiger partial charge is 0.389 e. The van der Waals surface area contributed by atoms with Crippen LogP contribution in [0.1, 0.15) is 25.7 Å². The molecule has 0 bridgehead atoms. The van der Waals surface area contributed by atoms with E-state index in [-0.39, 0.29) is 6.54 Å². The average Bonchev–Trinajstić information content (AvgIpc) is 2.49. The third kappa shape index (κ3) is 4.22. The van der Waals surface area contributed by atoms with Gasteiger partial charge in [-0.3, -0.25) is 0 Å². The highest BCUT2D eigenvalue weighted by molar-refractivity contribution is 9.09. The first-order valence-corrected chi connectivity index (χ1v) is 6.26. The van der Waals surface area contributed by atoms with E-state index in [2.05, 4.69) is 15.9 Å². The number of aliphatic hydroxyl groups is 1. The van der Waals surface area contributed by atoms with E-state index in [1.54, 1.807) is 7.05 Å². The molecule has 0 heterocycles. The molecule has 0 aliphatic heterocycles. The lowest BCUT2D eigenvalue weighted by molar-refractivity contribution is -0.131. The topological polar surface area (TPSA) is 23.5 Å². The molecule has 0 saturated heterocycles.